The lowest BCUT2D eigenvalue weighted by molar-refractivity contribution is 0.436. The van der Waals surface area contributed by atoms with Crippen molar-refractivity contribution in [1.82, 2.24) is 15.5 Å². The maximum atomic E-state index is 3.74. The Morgan fingerprint density at radius 1 is 1.18 bits per heavy atom. The molecule has 0 aromatic carbocycles. The first-order chi connectivity index (χ1) is 5.27. The Morgan fingerprint density at radius 2 is 1.82 bits per heavy atom. The summed E-state index contributed by atoms with van der Waals surface area (Å²) in [7, 11) is 5.71. The molecule has 0 spiro atoms. The molecule has 0 aliphatic rings. The fourth-order valence-electron chi connectivity index (χ4n) is 0.697. The second-order valence-corrected chi connectivity index (χ2v) is 2.58. The van der Waals surface area contributed by atoms with E-state index in [9.17, 15) is 0 Å². The molecule has 0 saturated carbocycles. The van der Waals surface area contributed by atoms with E-state index in [1.54, 1.807) is 0 Å². The quantitative estimate of drug-likeness (QED) is 0.498. The summed E-state index contributed by atoms with van der Waals surface area (Å²) in [6, 6.07) is 0. The van der Waals surface area contributed by atoms with E-state index in [1.807, 2.05) is 11.9 Å². The lowest BCUT2D eigenvalue weighted by Gasteiger charge is -2.09. The van der Waals surface area contributed by atoms with Crippen LogP contribution in [0.3, 0.4) is 0 Å². The highest BCUT2D eigenvalue weighted by molar-refractivity contribution is 4.55. The van der Waals surface area contributed by atoms with Crippen molar-refractivity contribution in [3.63, 3.8) is 0 Å². The van der Waals surface area contributed by atoms with Crippen molar-refractivity contribution in [2.75, 3.05) is 39.8 Å². The van der Waals surface area contributed by atoms with Gasteiger partial charge in [-0.1, -0.05) is 0 Å². The number of hydrogen-bond donors (Lipinski definition) is 2. The molecule has 2 radical (unpaired) electrons. The molecule has 0 fully saturated rings. The minimum Gasteiger partial charge on any atom is -0.315 e. The van der Waals surface area contributed by atoms with Crippen LogP contribution < -0.4 is 10.6 Å². The summed E-state index contributed by atoms with van der Waals surface area (Å²) < 4.78 is 0. The molecule has 0 atom stereocenters. The van der Waals surface area contributed by atoms with Crippen molar-refractivity contribution in [1.29, 1.82) is 0 Å². The highest BCUT2D eigenvalue weighted by Crippen LogP contribution is 1.71. The molecule has 66 valence electrons. The van der Waals surface area contributed by atoms with E-state index >= 15 is 0 Å². The van der Waals surface area contributed by atoms with E-state index in [2.05, 4.69) is 24.6 Å². The van der Waals surface area contributed by atoms with E-state index in [0.717, 1.165) is 32.7 Å². The van der Waals surface area contributed by atoms with Gasteiger partial charge in [-0.2, -0.15) is 0 Å². The van der Waals surface area contributed by atoms with E-state index in [-0.39, 0.29) is 0 Å². The molecule has 2 N–H and O–H groups in total. The summed E-state index contributed by atoms with van der Waals surface area (Å²) >= 11 is 0. The summed E-state index contributed by atoms with van der Waals surface area (Å²) in [5.74, 6) is 0. The Morgan fingerprint density at radius 3 is 2.36 bits per heavy atom. The average molecular weight is 157 g/mol. The third-order valence-electron chi connectivity index (χ3n) is 1.33. The van der Waals surface area contributed by atoms with Gasteiger partial charge in [0.25, 0.3) is 0 Å². The van der Waals surface area contributed by atoms with Crippen LogP contribution in [-0.4, -0.2) is 44.7 Å². The highest BCUT2D eigenvalue weighted by atomic mass is 15.1. The van der Waals surface area contributed by atoms with Crippen LogP contribution in [-0.2, 0) is 0 Å². The minimum atomic E-state index is 0.802. The summed E-state index contributed by atoms with van der Waals surface area (Å²) in [5, 5.41) is 6.41. The molecule has 0 aromatic heterocycles. The standard InChI is InChI=1S/C8H19N3/c1-4-9-5-6-10-7-8-11(2)3/h9-10H,1-2,4-8H2,3H3. The van der Waals surface area contributed by atoms with Gasteiger partial charge in [0.1, 0.15) is 0 Å². The first-order valence-electron chi connectivity index (χ1n) is 3.99. The lowest BCUT2D eigenvalue weighted by atomic mass is 10.5. The molecule has 0 heterocycles. The van der Waals surface area contributed by atoms with Gasteiger partial charge in [0.2, 0.25) is 0 Å². The van der Waals surface area contributed by atoms with Gasteiger partial charge in [-0.15, -0.1) is 0 Å². The predicted octanol–water partition coefficient (Wildman–Crippen LogP) is -0.277. The largest absolute Gasteiger partial charge is 0.315 e. The third kappa shape index (κ3) is 9.88. The third-order valence-corrected chi connectivity index (χ3v) is 1.33. The molecule has 0 rings (SSSR count). The number of hydrogen-bond acceptors (Lipinski definition) is 3. The van der Waals surface area contributed by atoms with E-state index < -0.39 is 0 Å². The van der Waals surface area contributed by atoms with Crippen LogP contribution in [0.5, 0.6) is 0 Å². The Bertz CT molecular complexity index is 73.7. The van der Waals surface area contributed by atoms with E-state index in [1.165, 1.54) is 0 Å². The predicted molar refractivity (Wildman–Crippen MR) is 49.1 cm³/mol. The number of nitrogens with one attached hydrogen (secondary N) is 2. The molecule has 0 saturated heterocycles. The minimum absolute atomic E-state index is 0.802. The smallest absolute Gasteiger partial charge is 0.0107 e. The van der Waals surface area contributed by atoms with E-state index in [4.69, 9.17) is 0 Å². The molecule has 0 bridgehead atoms. The summed E-state index contributed by atoms with van der Waals surface area (Å²) in [4.78, 5) is 1.92. The van der Waals surface area contributed by atoms with Crippen LogP contribution in [0.2, 0.25) is 0 Å². The summed E-state index contributed by atoms with van der Waals surface area (Å²) in [6.45, 7) is 8.46. The van der Waals surface area contributed by atoms with Gasteiger partial charge in [-0.25, -0.2) is 0 Å². The van der Waals surface area contributed by atoms with Gasteiger partial charge in [-0.3, -0.25) is 0 Å². The Kier molecular flexibility index (Phi) is 7.89. The van der Waals surface area contributed by atoms with Crippen LogP contribution in [0.25, 0.3) is 0 Å². The molecule has 0 aromatic rings. The number of rotatable bonds is 7. The Balaban J connectivity index is 2.80. The Labute approximate surface area is 70.2 Å². The number of likely N-dealkylation sites (N-methyl/N-ethyl adjacent to an activating group) is 1. The fourth-order valence-corrected chi connectivity index (χ4v) is 0.697. The van der Waals surface area contributed by atoms with Crippen molar-refractivity contribution in [3.8, 4) is 0 Å². The van der Waals surface area contributed by atoms with Crippen molar-refractivity contribution in [3.05, 3.63) is 14.0 Å². The summed E-state index contributed by atoms with van der Waals surface area (Å²) in [5.41, 5.74) is 0. The van der Waals surface area contributed by atoms with Gasteiger partial charge >= 0.3 is 0 Å². The monoisotopic (exact) mass is 157 g/mol. The van der Waals surface area contributed by atoms with Crippen LogP contribution in [0.4, 0.5) is 0 Å². The molecule has 3 heteroatoms. The van der Waals surface area contributed by atoms with Crippen LogP contribution in [0, 0.1) is 14.0 Å². The summed E-state index contributed by atoms with van der Waals surface area (Å²) in [6.07, 6.45) is 0. The fraction of sp³-hybridized carbons (Fsp3) is 0.750. The molecule has 0 aliphatic heterocycles. The zero-order valence-electron chi connectivity index (χ0n) is 7.40. The molecule has 0 amide bonds. The van der Waals surface area contributed by atoms with Gasteiger partial charge in [0.15, 0.2) is 0 Å². The van der Waals surface area contributed by atoms with Crippen LogP contribution in [0.1, 0.15) is 0 Å². The van der Waals surface area contributed by atoms with Gasteiger partial charge in [0.05, 0.1) is 0 Å². The van der Waals surface area contributed by atoms with Gasteiger partial charge in [-0.05, 0) is 20.5 Å². The second kappa shape index (κ2) is 7.98. The van der Waals surface area contributed by atoms with Gasteiger partial charge in [0, 0.05) is 33.2 Å². The zero-order chi connectivity index (χ0) is 8.53. The SMILES string of the molecule is [CH2]CNCCNCCN([CH2])C. The zero-order valence-corrected chi connectivity index (χ0v) is 7.40. The van der Waals surface area contributed by atoms with Crippen molar-refractivity contribution >= 4 is 0 Å². The van der Waals surface area contributed by atoms with Crippen LogP contribution >= 0.6 is 0 Å². The van der Waals surface area contributed by atoms with Crippen LogP contribution in [0.15, 0.2) is 0 Å². The van der Waals surface area contributed by atoms with Gasteiger partial charge < -0.3 is 15.5 Å². The average Bonchev–Trinajstić information content (AvgIpc) is 1.96. The molecular weight excluding hydrogens is 138 g/mol. The number of nitrogens with zero attached hydrogens (tertiary/aromatic N) is 1. The maximum absolute atomic E-state index is 3.74. The first kappa shape index (κ1) is 10.9. The molecule has 0 aliphatic carbocycles. The van der Waals surface area contributed by atoms with Crippen molar-refractivity contribution in [2.24, 2.45) is 0 Å². The molecule has 3 nitrogen and oxygen atoms in total. The molecule has 11 heavy (non-hydrogen) atoms. The molecule has 0 unspecified atom stereocenters. The van der Waals surface area contributed by atoms with Crippen molar-refractivity contribution < 1.29 is 0 Å². The Hall–Kier alpha value is -0.120. The van der Waals surface area contributed by atoms with E-state index in [0.29, 0.717) is 0 Å². The van der Waals surface area contributed by atoms with Crippen molar-refractivity contribution in [2.45, 2.75) is 0 Å². The molecular formula is C8H19N3. The lowest BCUT2D eigenvalue weighted by Crippen LogP contribution is -2.31. The first-order valence-corrected chi connectivity index (χ1v) is 3.99. The maximum Gasteiger partial charge on any atom is 0.0107 e. The second-order valence-electron chi connectivity index (χ2n) is 2.58. The normalized spacial score (nSPS) is 10.9. The topological polar surface area (TPSA) is 27.3 Å². The highest BCUT2D eigenvalue weighted by Gasteiger charge is 1.88.